The van der Waals surface area contributed by atoms with Gasteiger partial charge in [0.1, 0.15) is 5.75 Å². The Morgan fingerprint density at radius 3 is 2.83 bits per heavy atom. The number of hydrogen-bond donors (Lipinski definition) is 1. The highest BCUT2D eigenvalue weighted by Crippen LogP contribution is 2.24. The maximum Gasteiger partial charge on any atom is 0.270 e. The van der Waals surface area contributed by atoms with Crippen molar-refractivity contribution in [2.45, 2.75) is 19.9 Å². The lowest BCUT2D eigenvalue weighted by molar-refractivity contribution is -0.384. The van der Waals surface area contributed by atoms with Crippen LogP contribution in [0.15, 0.2) is 30.4 Å². The summed E-state index contributed by atoms with van der Waals surface area (Å²) in [4.78, 5) is 10.3. The predicted octanol–water partition coefficient (Wildman–Crippen LogP) is 2.66. The summed E-state index contributed by atoms with van der Waals surface area (Å²) >= 11 is 0. The van der Waals surface area contributed by atoms with E-state index in [-0.39, 0.29) is 5.69 Å². The lowest BCUT2D eigenvalue weighted by Gasteiger charge is -2.11. The van der Waals surface area contributed by atoms with Gasteiger partial charge in [-0.25, -0.2) is 0 Å². The SMILES string of the molecule is C=C(C)CCOc1ccc([N+](=O)[O-])cc1CNC. The topological polar surface area (TPSA) is 64.4 Å². The molecule has 0 aliphatic carbocycles. The van der Waals surface area contributed by atoms with E-state index in [1.54, 1.807) is 13.1 Å². The van der Waals surface area contributed by atoms with E-state index in [0.29, 0.717) is 18.9 Å². The Hall–Kier alpha value is -1.88. The molecule has 0 spiro atoms. The number of benzene rings is 1. The quantitative estimate of drug-likeness (QED) is 0.459. The van der Waals surface area contributed by atoms with Crippen LogP contribution in [0.1, 0.15) is 18.9 Å². The van der Waals surface area contributed by atoms with Crippen molar-refractivity contribution < 1.29 is 9.66 Å². The summed E-state index contributed by atoms with van der Waals surface area (Å²) in [5.41, 5.74) is 1.91. The predicted molar refractivity (Wildman–Crippen MR) is 70.8 cm³/mol. The number of hydrogen-bond acceptors (Lipinski definition) is 4. The highest BCUT2D eigenvalue weighted by molar-refractivity contribution is 5.43. The number of nitro groups is 1. The molecule has 1 aromatic carbocycles. The molecule has 0 fully saturated rings. The number of ether oxygens (including phenoxy) is 1. The van der Waals surface area contributed by atoms with Crippen LogP contribution in [0.5, 0.6) is 5.75 Å². The van der Waals surface area contributed by atoms with E-state index >= 15 is 0 Å². The van der Waals surface area contributed by atoms with Gasteiger partial charge in [0.2, 0.25) is 0 Å². The third-order valence-corrected chi connectivity index (χ3v) is 2.41. The summed E-state index contributed by atoms with van der Waals surface area (Å²) < 4.78 is 5.61. The van der Waals surface area contributed by atoms with Crippen LogP contribution in [0.4, 0.5) is 5.69 Å². The molecule has 0 bridgehead atoms. The third-order valence-electron chi connectivity index (χ3n) is 2.41. The minimum absolute atomic E-state index is 0.0764. The van der Waals surface area contributed by atoms with Crippen molar-refractivity contribution in [1.82, 2.24) is 5.32 Å². The van der Waals surface area contributed by atoms with E-state index in [2.05, 4.69) is 11.9 Å². The average Bonchev–Trinajstić information content (AvgIpc) is 2.30. The number of nitrogens with one attached hydrogen (secondary N) is 1. The van der Waals surface area contributed by atoms with Gasteiger partial charge in [-0.05, 0) is 20.0 Å². The van der Waals surface area contributed by atoms with E-state index in [4.69, 9.17) is 4.74 Å². The van der Waals surface area contributed by atoms with Gasteiger partial charge in [0, 0.05) is 30.7 Å². The molecule has 0 unspecified atom stereocenters. The first-order chi connectivity index (χ1) is 8.54. The molecule has 0 saturated carbocycles. The molecule has 0 radical (unpaired) electrons. The van der Waals surface area contributed by atoms with Crippen LogP contribution in [0.25, 0.3) is 0 Å². The molecule has 0 aromatic heterocycles. The zero-order chi connectivity index (χ0) is 13.5. The minimum atomic E-state index is -0.406. The molecule has 0 atom stereocenters. The molecule has 0 heterocycles. The summed E-state index contributed by atoms with van der Waals surface area (Å²) in [6, 6.07) is 4.63. The lowest BCUT2D eigenvalue weighted by Crippen LogP contribution is -2.08. The zero-order valence-corrected chi connectivity index (χ0v) is 10.7. The molecule has 5 heteroatoms. The molecule has 1 aromatic rings. The first-order valence-corrected chi connectivity index (χ1v) is 5.73. The Bertz CT molecular complexity index is 444. The van der Waals surface area contributed by atoms with Gasteiger partial charge in [0.15, 0.2) is 0 Å². The van der Waals surface area contributed by atoms with Gasteiger partial charge in [0.25, 0.3) is 5.69 Å². The maximum absolute atomic E-state index is 10.7. The van der Waals surface area contributed by atoms with Crippen LogP contribution in [0.2, 0.25) is 0 Å². The van der Waals surface area contributed by atoms with Crippen molar-refractivity contribution in [2.24, 2.45) is 0 Å². The Morgan fingerprint density at radius 1 is 1.56 bits per heavy atom. The van der Waals surface area contributed by atoms with Crippen LogP contribution in [-0.4, -0.2) is 18.6 Å². The fourth-order valence-electron chi connectivity index (χ4n) is 1.48. The fraction of sp³-hybridized carbons (Fsp3) is 0.385. The van der Waals surface area contributed by atoms with Gasteiger partial charge in [-0.1, -0.05) is 5.57 Å². The van der Waals surface area contributed by atoms with Gasteiger partial charge in [-0.3, -0.25) is 10.1 Å². The standard InChI is InChI=1S/C13H18N2O3/c1-10(2)6-7-18-13-5-4-12(15(16)17)8-11(13)9-14-3/h4-5,8,14H,1,6-7,9H2,2-3H3. The lowest BCUT2D eigenvalue weighted by atomic mass is 10.1. The van der Waals surface area contributed by atoms with Crippen molar-refractivity contribution in [2.75, 3.05) is 13.7 Å². The van der Waals surface area contributed by atoms with Crippen molar-refractivity contribution in [3.8, 4) is 5.75 Å². The van der Waals surface area contributed by atoms with E-state index in [0.717, 1.165) is 17.6 Å². The fourth-order valence-corrected chi connectivity index (χ4v) is 1.48. The van der Waals surface area contributed by atoms with Crippen LogP contribution < -0.4 is 10.1 Å². The zero-order valence-electron chi connectivity index (χ0n) is 10.7. The van der Waals surface area contributed by atoms with Gasteiger partial charge in [0.05, 0.1) is 11.5 Å². The third kappa shape index (κ3) is 4.18. The number of nitro benzene ring substituents is 1. The van der Waals surface area contributed by atoms with E-state index in [9.17, 15) is 10.1 Å². The molecule has 0 amide bonds. The second kappa shape index (κ2) is 6.76. The first-order valence-electron chi connectivity index (χ1n) is 5.73. The van der Waals surface area contributed by atoms with Gasteiger partial charge in [-0.15, -0.1) is 6.58 Å². The van der Waals surface area contributed by atoms with Crippen molar-refractivity contribution in [1.29, 1.82) is 0 Å². The summed E-state index contributed by atoms with van der Waals surface area (Å²) in [5, 5.41) is 13.7. The van der Waals surface area contributed by atoms with Crippen LogP contribution in [0.3, 0.4) is 0 Å². The van der Waals surface area contributed by atoms with E-state index in [1.165, 1.54) is 12.1 Å². The monoisotopic (exact) mass is 250 g/mol. The molecule has 1 rings (SSSR count). The highest BCUT2D eigenvalue weighted by atomic mass is 16.6. The molecular weight excluding hydrogens is 232 g/mol. The molecule has 5 nitrogen and oxygen atoms in total. The van der Waals surface area contributed by atoms with Crippen LogP contribution in [-0.2, 0) is 6.54 Å². The Morgan fingerprint density at radius 2 is 2.28 bits per heavy atom. The van der Waals surface area contributed by atoms with Crippen molar-refractivity contribution in [3.05, 3.63) is 46.0 Å². The smallest absolute Gasteiger partial charge is 0.270 e. The molecule has 98 valence electrons. The second-order valence-electron chi connectivity index (χ2n) is 4.14. The molecule has 18 heavy (non-hydrogen) atoms. The van der Waals surface area contributed by atoms with Gasteiger partial charge < -0.3 is 10.1 Å². The average molecular weight is 250 g/mol. The molecule has 0 saturated heterocycles. The van der Waals surface area contributed by atoms with E-state index < -0.39 is 4.92 Å². The highest BCUT2D eigenvalue weighted by Gasteiger charge is 2.11. The molecule has 1 N–H and O–H groups in total. The number of nitrogens with zero attached hydrogens (tertiary/aromatic N) is 1. The summed E-state index contributed by atoms with van der Waals surface area (Å²) in [5.74, 6) is 0.677. The van der Waals surface area contributed by atoms with Gasteiger partial charge >= 0.3 is 0 Å². The second-order valence-corrected chi connectivity index (χ2v) is 4.14. The first kappa shape index (κ1) is 14.2. The molecule has 0 aliphatic rings. The molecular formula is C13H18N2O3. The number of non-ortho nitro benzene ring substituents is 1. The maximum atomic E-state index is 10.7. The Balaban J connectivity index is 2.82. The Kier molecular flexibility index (Phi) is 5.32. The van der Waals surface area contributed by atoms with E-state index in [1.807, 2.05) is 6.92 Å². The largest absolute Gasteiger partial charge is 0.493 e. The number of rotatable bonds is 7. The van der Waals surface area contributed by atoms with Crippen molar-refractivity contribution in [3.63, 3.8) is 0 Å². The minimum Gasteiger partial charge on any atom is -0.493 e. The van der Waals surface area contributed by atoms with Crippen molar-refractivity contribution >= 4 is 5.69 Å². The molecule has 0 aliphatic heterocycles. The Labute approximate surface area is 107 Å². The van der Waals surface area contributed by atoms with Crippen LogP contribution >= 0.6 is 0 Å². The summed E-state index contributed by atoms with van der Waals surface area (Å²) in [7, 11) is 1.79. The summed E-state index contributed by atoms with van der Waals surface area (Å²) in [6.07, 6.45) is 0.774. The van der Waals surface area contributed by atoms with Gasteiger partial charge in [-0.2, -0.15) is 0 Å². The normalized spacial score (nSPS) is 10.1. The van der Waals surface area contributed by atoms with Crippen LogP contribution in [0, 0.1) is 10.1 Å². The summed E-state index contributed by atoms with van der Waals surface area (Å²) in [6.45, 7) is 6.80.